The van der Waals surface area contributed by atoms with E-state index in [4.69, 9.17) is 14.1 Å². The van der Waals surface area contributed by atoms with Crippen LogP contribution in [0.5, 0.6) is 5.75 Å². The van der Waals surface area contributed by atoms with Gasteiger partial charge in [-0.25, -0.2) is 0 Å². The zero-order valence-electron chi connectivity index (χ0n) is 17.7. The molecular weight excluding hydrogens is 495 g/mol. The van der Waals surface area contributed by atoms with Crippen molar-refractivity contribution in [3.8, 4) is 5.75 Å². The molecule has 0 spiro atoms. The molecule has 30 heavy (non-hydrogen) atoms. The van der Waals surface area contributed by atoms with Gasteiger partial charge >= 0.3 is 0 Å². The van der Waals surface area contributed by atoms with E-state index < -0.39 is 0 Å². The molecule has 0 bridgehead atoms. The minimum atomic E-state index is -0.0464. The Morgan fingerprint density at radius 2 is 1.93 bits per heavy atom. The van der Waals surface area contributed by atoms with Crippen LogP contribution in [0, 0.1) is 0 Å². The molecule has 1 aromatic carbocycles. The van der Waals surface area contributed by atoms with E-state index in [1.165, 1.54) is 11.8 Å². The number of nitrogens with zero attached hydrogens (tertiary/aromatic N) is 3. The molecular formula is C22H31IN4O3. The molecule has 1 aliphatic heterocycles. The summed E-state index contributed by atoms with van der Waals surface area (Å²) in [7, 11) is 1.69. The van der Waals surface area contributed by atoms with E-state index in [1.54, 1.807) is 19.2 Å². The number of nitrogens with one attached hydrogen (secondary N) is 1. The van der Waals surface area contributed by atoms with Crippen LogP contribution >= 0.6 is 24.0 Å². The van der Waals surface area contributed by atoms with Crippen LogP contribution in [0.2, 0.25) is 0 Å². The van der Waals surface area contributed by atoms with Gasteiger partial charge in [0.1, 0.15) is 5.75 Å². The zero-order chi connectivity index (χ0) is 20.5. The first-order chi connectivity index (χ1) is 14.2. The second-order valence-corrected chi connectivity index (χ2v) is 6.95. The minimum absolute atomic E-state index is 0. The third kappa shape index (κ3) is 6.65. The predicted molar refractivity (Wildman–Crippen MR) is 129 cm³/mol. The smallest absolute Gasteiger partial charge is 0.289 e. The number of benzene rings is 1. The molecule has 1 aromatic heterocycles. The maximum absolute atomic E-state index is 12.4. The lowest BCUT2D eigenvalue weighted by Gasteiger charge is -2.36. The number of carbonyl (C=O) groups excluding carboxylic acids is 1. The van der Waals surface area contributed by atoms with Crippen LogP contribution < -0.4 is 10.1 Å². The Kier molecular flexibility index (Phi) is 9.99. The number of halogens is 1. The standard InChI is InChI=1S/C22H30N4O3.HI/c1-3-23-22(24-11-5-8-18-7-4-9-19(17-18)28-2)26-14-12-25(13-15-26)21(27)20-10-6-16-29-20;/h4,6-7,9-10,16-17H,3,5,8,11-15H2,1-2H3,(H,23,24);1H. The highest BCUT2D eigenvalue weighted by Crippen LogP contribution is 2.14. The highest BCUT2D eigenvalue weighted by molar-refractivity contribution is 14.0. The first kappa shape index (κ1) is 24.0. The van der Waals surface area contributed by atoms with Crippen molar-refractivity contribution in [3.63, 3.8) is 0 Å². The second-order valence-electron chi connectivity index (χ2n) is 6.95. The van der Waals surface area contributed by atoms with E-state index in [0.717, 1.165) is 50.7 Å². The molecule has 8 heteroatoms. The minimum Gasteiger partial charge on any atom is -0.497 e. The number of ether oxygens (including phenoxy) is 1. The van der Waals surface area contributed by atoms with Gasteiger partial charge < -0.3 is 24.3 Å². The number of furan rings is 1. The molecule has 0 atom stereocenters. The SMILES string of the molecule is CCNC(=NCCCc1cccc(OC)c1)N1CCN(C(=O)c2ccco2)CC1.I. The first-order valence-corrected chi connectivity index (χ1v) is 10.2. The molecule has 2 heterocycles. The maximum Gasteiger partial charge on any atom is 0.289 e. The van der Waals surface area contributed by atoms with E-state index in [1.807, 2.05) is 17.0 Å². The average molecular weight is 526 g/mol. The Balaban J connectivity index is 0.00000320. The number of piperazine rings is 1. The Bertz CT molecular complexity index is 802. The lowest BCUT2D eigenvalue weighted by Crippen LogP contribution is -2.53. The number of methoxy groups -OCH3 is 1. The summed E-state index contributed by atoms with van der Waals surface area (Å²) in [5, 5.41) is 3.37. The van der Waals surface area contributed by atoms with Crippen LogP contribution in [0.4, 0.5) is 0 Å². The number of amides is 1. The number of aryl methyl sites for hydroxylation is 1. The van der Waals surface area contributed by atoms with Gasteiger partial charge in [-0.2, -0.15) is 0 Å². The lowest BCUT2D eigenvalue weighted by molar-refractivity contribution is 0.0657. The molecule has 3 rings (SSSR count). The monoisotopic (exact) mass is 526 g/mol. The van der Waals surface area contributed by atoms with E-state index in [-0.39, 0.29) is 29.9 Å². The van der Waals surface area contributed by atoms with Crippen LogP contribution in [0.25, 0.3) is 0 Å². The number of aliphatic imine (C=N–C) groups is 1. The molecule has 1 N–H and O–H groups in total. The molecule has 1 aliphatic rings. The number of rotatable bonds is 7. The van der Waals surface area contributed by atoms with E-state index in [9.17, 15) is 4.79 Å². The number of hydrogen-bond donors (Lipinski definition) is 1. The number of hydrogen-bond acceptors (Lipinski definition) is 4. The fourth-order valence-corrected chi connectivity index (χ4v) is 3.40. The fraction of sp³-hybridized carbons (Fsp3) is 0.455. The predicted octanol–water partition coefficient (Wildman–Crippen LogP) is 3.26. The third-order valence-corrected chi connectivity index (χ3v) is 4.95. The summed E-state index contributed by atoms with van der Waals surface area (Å²) < 4.78 is 10.5. The van der Waals surface area contributed by atoms with Crippen molar-refractivity contribution in [3.05, 3.63) is 54.0 Å². The molecule has 0 saturated carbocycles. The number of guanidine groups is 1. The van der Waals surface area contributed by atoms with Gasteiger partial charge in [0.2, 0.25) is 0 Å². The van der Waals surface area contributed by atoms with Crippen molar-refractivity contribution in [2.24, 2.45) is 4.99 Å². The Morgan fingerprint density at radius 3 is 2.60 bits per heavy atom. The Morgan fingerprint density at radius 1 is 1.17 bits per heavy atom. The average Bonchev–Trinajstić information content (AvgIpc) is 3.30. The normalized spacial score (nSPS) is 14.3. The second kappa shape index (κ2) is 12.5. The topological polar surface area (TPSA) is 70.3 Å². The first-order valence-electron chi connectivity index (χ1n) is 10.2. The summed E-state index contributed by atoms with van der Waals surface area (Å²) in [5.74, 6) is 2.16. The van der Waals surface area contributed by atoms with Gasteiger partial charge in [-0.1, -0.05) is 12.1 Å². The van der Waals surface area contributed by atoms with Gasteiger partial charge in [0.15, 0.2) is 11.7 Å². The van der Waals surface area contributed by atoms with Gasteiger partial charge in [0.25, 0.3) is 5.91 Å². The molecule has 0 aliphatic carbocycles. The summed E-state index contributed by atoms with van der Waals surface area (Å²) in [4.78, 5) is 21.3. The van der Waals surface area contributed by atoms with Gasteiger partial charge in [-0.05, 0) is 49.6 Å². The number of carbonyl (C=O) groups is 1. The van der Waals surface area contributed by atoms with Gasteiger partial charge in [-0.15, -0.1) is 24.0 Å². The largest absolute Gasteiger partial charge is 0.497 e. The quantitative estimate of drug-likeness (QED) is 0.260. The summed E-state index contributed by atoms with van der Waals surface area (Å²) in [6.07, 6.45) is 3.47. The molecule has 164 valence electrons. The van der Waals surface area contributed by atoms with Crippen molar-refractivity contribution < 1.29 is 13.9 Å². The highest BCUT2D eigenvalue weighted by atomic mass is 127. The van der Waals surface area contributed by atoms with Crippen LogP contribution in [0.3, 0.4) is 0 Å². The van der Waals surface area contributed by atoms with Crippen molar-refractivity contribution in [2.45, 2.75) is 19.8 Å². The van der Waals surface area contributed by atoms with Crippen LogP contribution in [0.1, 0.15) is 29.5 Å². The summed E-state index contributed by atoms with van der Waals surface area (Å²) in [6, 6.07) is 11.6. The summed E-state index contributed by atoms with van der Waals surface area (Å²) in [5.41, 5.74) is 1.26. The maximum atomic E-state index is 12.4. The van der Waals surface area contributed by atoms with Crippen molar-refractivity contribution >= 4 is 35.8 Å². The molecule has 2 aromatic rings. The molecule has 0 radical (unpaired) electrons. The van der Waals surface area contributed by atoms with Gasteiger partial charge in [-0.3, -0.25) is 9.79 Å². The van der Waals surface area contributed by atoms with Crippen LogP contribution in [-0.2, 0) is 6.42 Å². The van der Waals surface area contributed by atoms with Crippen molar-refractivity contribution in [1.82, 2.24) is 15.1 Å². The van der Waals surface area contributed by atoms with Gasteiger partial charge in [0.05, 0.1) is 13.4 Å². The molecule has 1 amide bonds. The van der Waals surface area contributed by atoms with Crippen molar-refractivity contribution in [2.75, 3.05) is 46.4 Å². The molecule has 1 fully saturated rings. The highest BCUT2D eigenvalue weighted by Gasteiger charge is 2.25. The summed E-state index contributed by atoms with van der Waals surface area (Å²) in [6.45, 7) is 6.48. The molecule has 1 saturated heterocycles. The summed E-state index contributed by atoms with van der Waals surface area (Å²) >= 11 is 0. The van der Waals surface area contributed by atoms with Crippen molar-refractivity contribution in [1.29, 1.82) is 0 Å². The van der Waals surface area contributed by atoms with Gasteiger partial charge in [0, 0.05) is 39.3 Å². The van der Waals surface area contributed by atoms with E-state index in [2.05, 4.69) is 29.3 Å². The fourth-order valence-electron chi connectivity index (χ4n) is 3.40. The van der Waals surface area contributed by atoms with Crippen LogP contribution in [0.15, 0.2) is 52.1 Å². The van der Waals surface area contributed by atoms with E-state index >= 15 is 0 Å². The van der Waals surface area contributed by atoms with Crippen LogP contribution in [-0.4, -0.2) is 68.0 Å². The van der Waals surface area contributed by atoms with E-state index in [0.29, 0.717) is 18.8 Å². The third-order valence-electron chi connectivity index (χ3n) is 4.95. The Labute approximate surface area is 195 Å². The lowest BCUT2D eigenvalue weighted by atomic mass is 10.1. The molecule has 0 unspecified atom stereocenters. The zero-order valence-corrected chi connectivity index (χ0v) is 20.0. The Hall–Kier alpha value is -2.23. The molecule has 7 nitrogen and oxygen atoms in total.